The maximum Gasteiger partial charge on any atom is 0.165 e. The van der Waals surface area contributed by atoms with E-state index in [0.717, 1.165) is 12.2 Å². The van der Waals surface area contributed by atoms with Crippen LogP contribution in [0.3, 0.4) is 0 Å². The van der Waals surface area contributed by atoms with E-state index in [1.165, 1.54) is 50.5 Å². The summed E-state index contributed by atoms with van der Waals surface area (Å²) >= 11 is 0. The average molecular weight is 410 g/mol. The van der Waals surface area contributed by atoms with Crippen LogP contribution >= 0.6 is 0 Å². The van der Waals surface area contributed by atoms with Crippen LogP contribution in [0.5, 0.6) is 5.75 Å². The summed E-state index contributed by atoms with van der Waals surface area (Å²) in [6, 6.07) is 8.25. The van der Waals surface area contributed by atoms with E-state index in [0.29, 0.717) is 19.6 Å². The Morgan fingerprint density at radius 1 is 0.931 bits per heavy atom. The van der Waals surface area contributed by atoms with Gasteiger partial charge in [-0.05, 0) is 37.0 Å². The Hall–Kier alpha value is -1.14. The normalized spacial score (nSPS) is 14.5. The van der Waals surface area contributed by atoms with Crippen molar-refractivity contribution in [1.82, 2.24) is 0 Å². The standard InChI is InChI=1S/C24H41O5/c1-4-6-7-8-9-10-11-12-21-13-15-23(16-14-21)28-18-17-27-19-22(25)20-29-24(3,26)5-2/h13-16,22,25-26H,3-12,17-20H2,1-2H3. The molecule has 5 nitrogen and oxygen atoms in total. The second-order valence-electron chi connectivity index (χ2n) is 7.70. The largest absolute Gasteiger partial charge is 0.491 e. The van der Waals surface area contributed by atoms with Crippen LogP contribution in [-0.2, 0) is 15.9 Å². The number of unbranched alkanes of at least 4 members (excludes halogenated alkanes) is 6. The monoisotopic (exact) mass is 409 g/mol. The van der Waals surface area contributed by atoms with Crippen molar-refractivity contribution in [3.05, 3.63) is 36.8 Å². The second-order valence-corrected chi connectivity index (χ2v) is 7.70. The van der Waals surface area contributed by atoms with E-state index in [4.69, 9.17) is 14.2 Å². The van der Waals surface area contributed by atoms with Gasteiger partial charge in [0.25, 0.3) is 0 Å². The predicted octanol–water partition coefficient (Wildman–Crippen LogP) is 4.69. The van der Waals surface area contributed by atoms with Crippen LogP contribution in [0.1, 0.15) is 70.8 Å². The Labute approximate surface area is 177 Å². The van der Waals surface area contributed by atoms with Crippen molar-refractivity contribution in [2.45, 2.75) is 83.5 Å². The molecule has 2 unspecified atom stereocenters. The van der Waals surface area contributed by atoms with E-state index < -0.39 is 11.9 Å². The predicted molar refractivity (Wildman–Crippen MR) is 117 cm³/mol. The molecule has 1 aromatic carbocycles. The van der Waals surface area contributed by atoms with Gasteiger partial charge in [0.15, 0.2) is 5.79 Å². The number of rotatable bonds is 18. The van der Waals surface area contributed by atoms with Gasteiger partial charge in [0.1, 0.15) is 18.5 Å². The molecule has 0 aliphatic heterocycles. The Balaban J connectivity index is 2.06. The lowest BCUT2D eigenvalue weighted by atomic mass is 10.0. The molecule has 0 saturated carbocycles. The smallest absolute Gasteiger partial charge is 0.165 e. The lowest BCUT2D eigenvalue weighted by Crippen LogP contribution is -2.33. The fraction of sp³-hybridized carbons (Fsp3) is 0.708. The second kappa shape index (κ2) is 15.7. The van der Waals surface area contributed by atoms with Crippen LogP contribution in [0.15, 0.2) is 24.3 Å². The summed E-state index contributed by atoms with van der Waals surface area (Å²) in [6.45, 7) is 8.41. The molecule has 0 bridgehead atoms. The minimum Gasteiger partial charge on any atom is -0.491 e. The first-order valence-electron chi connectivity index (χ1n) is 11.2. The summed E-state index contributed by atoms with van der Waals surface area (Å²) in [7, 11) is 0. The van der Waals surface area contributed by atoms with Gasteiger partial charge in [-0.15, -0.1) is 0 Å². The van der Waals surface area contributed by atoms with Crippen LogP contribution in [0.4, 0.5) is 0 Å². The molecular formula is C24H41O5. The van der Waals surface area contributed by atoms with Crippen LogP contribution in [0.2, 0.25) is 0 Å². The summed E-state index contributed by atoms with van der Waals surface area (Å²) in [5.41, 5.74) is 1.35. The van der Waals surface area contributed by atoms with E-state index in [2.05, 4.69) is 26.0 Å². The van der Waals surface area contributed by atoms with Gasteiger partial charge in [-0.25, -0.2) is 0 Å². The fourth-order valence-electron chi connectivity index (χ4n) is 2.88. The molecule has 29 heavy (non-hydrogen) atoms. The third-order valence-electron chi connectivity index (χ3n) is 4.90. The Morgan fingerprint density at radius 2 is 1.59 bits per heavy atom. The summed E-state index contributed by atoms with van der Waals surface area (Å²) < 4.78 is 16.2. The highest BCUT2D eigenvalue weighted by molar-refractivity contribution is 5.27. The van der Waals surface area contributed by atoms with E-state index in [9.17, 15) is 10.2 Å². The zero-order valence-electron chi connectivity index (χ0n) is 18.4. The zero-order chi connectivity index (χ0) is 21.4. The molecule has 1 aromatic rings. The van der Waals surface area contributed by atoms with Crippen molar-refractivity contribution < 1.29 is 24.4 Å². The number of hydrogen-bond donors (Lipinski definition) is 2. The topological polar surface area (TPSA) is 68.2 Å². The van der Waals surface area contributed by atoms with Crippen molar-refractivity contribution in [3.8, 4) is 5.75 Å². The quantitative estimate of drug-likeness (QED) is 0.272. The molecule has 0 saturated heterocycles. The summed E-state index contributed by atoms with van der Waals surface area (Å²) in [5.74, 6) is -0.629. The number of aryl methyl sites for hydroxylation is 1. The molecule has 0 aliphatic carbocycles. The number of aliphatic hydroxyl groups is 2. The van der Waals surface area contributed by atoms with E-state index >= 15 is 0 Å². The molecule has 0 amide bonds. The van der Waals surface area contributed by atoms with Crippen molar-refractivity contribution in [3.63, 3.8) is 0 Å². The van der Waals surface area contributed by atoms with Crippen molar-refractivity contribution in [2.75, 3.05) is 26.4 Å². The van der Waals surface area contributed by atoms with Gasteiger partial charge in [0.2, 0.25) is 0 Å². The Kier molecular flexibility index (Phi) is 14.0. The molecule has 167 valence electrons. The molecule has 0 fully saturated rings. The van der Waals surface area contributed by atoms with Gasteiger partial charge in [-0.3, -0.25) is 0 Å². The highest BCUT2D eigenvalue weighted by Gasteiger charge is 2.19. The Morgan fingerprint density at radius 3 is 2.24 bits per heavy atom. The van der Waals surface area contributed by atoms with Crippen LogP contribution in [0.25, 0.3) is 0 Å². The molecule has 1 radical (unpaired) electrons. The highest BCUT2D eigenvalue weighted by Crippen LogP contribution is 2.15. The van der Waals surface area contributed by atoms with Crippen molar-refractivity contribution in [2.24, 2.45) is 0 Å². The van der Waals surface area contributed by atoms with Crippen LogP contribution < -0.4 is 4.74 Å². The van der Waals surface area contributed by atoms with Gasteiger partial charge in [-0.2, -0.15) is 0 Å². The number of hydrogen-bond acceptors (Lipinski definition) is 5. The van der Waals surface area contributed by atoms with Gasteiger partial charge in [0.05, 0.1) is 19.8 Å². The first-order valence-corrected chi connectivity index (χ1v) is 11.2. The van der Waals surface area contributed by atoms with Crippen molar-refractivity contribution in [1.29, 1.82) is 0 Å². The molecule has 0 aliphatic rings. The molecule has 2 atom stereocenters. The average Bonchev–Trinajstić information content (AvgIpc) is 2.72. The first kappa shape index (κ1) is 25.9. The maximum atomic E-state index is 9.77. The molecule has 0 spiro atoms. The van der Waals surface area contributed by atoms with Gasteiger partial charge in [0, 0.05) is 6.92 Å². The van der Waals surface area contributed by atoms with Crippen LogP contribution in [-0.4, -0.2) is 48.5 Å². The first-order chi connectivity index (χ1) is 14.0. The van der Waals surface area contributed by atoms with Crippen LogP contribution in [0, 0.1) is 6.92 Å². The van der Waals surface area contributed by atoms with Crippen molar-refractivity contribution >= 4 is 0 Å². The lowest BCUT2D eigenvalue weighted by Gasteiger charge is -2.23. The van der Waals surface area contributed by atoms with Gasteiger partial charge < -0.3 is 24.4 Å². The summed E-state index contributed by atoms with van der Waals surface area (Å²) in [5, 5.41) is 19.4. The number of aliphatic hydroxyl groups excluding tert-OH is 1. The van der Waals surface area contributed by atoms with E-state index in [-0.39, 0.29) is 13.2 Å². The maximum absolute atomic E-state index is 9.77. The number of benzene rings is 1. The molecule has 5 heteroatoms. The third kappa shape index (κ3) is 13.7. The number of ether oxygens (including phenoxy) is 3. The summed E-state index contributed by atoms with van der Waals surface area (Å²) in [4.78, 5) is 0. The Bertz CT molecular complexity index is 500. The van der Waals surface area contributed by atoms with Gasteiger partial charge >= 0.3 is 0 Å². The third-order valence-corrected chi connectivity index (χ3v) is 4.90. The lowest BCUT2D eigenvalue weighted by molar-refractivity contribution is -0.189. The van der Waals surface area contributed by atoms with Gasteiger partial charge in [-0.1, -0.05) is 64.5 Å². The highest BCUT2D eigenvalue weighted by atomic mass is 16.6. The molecule has 1 rings (SSSR count). The minimum atomic E-state index is -1.45. The fourth-order valence-corrected chi connectivity index (χ4v) is 2.88. The molecular weight excluding hydrogens is 368 g/mol. The summed E-state index contributed by atoms with van der Waals surface area (Å²) in [6.07, 6.45) is 9.97. The molecule has 0 aromatic heterocycles. The van der Waals surface area contributed by atoms with E-state index in [1.807, 2.05) is 12.1 Å². The SMILES string of the molecule is [CH2]C(O)(CC)OCC(O)COCCOc1ccc(CCCCCCCCC)cc1. The minimum absolute atomic E-state index is 0.0189. The molecule has 0 heterocycles. The van der Waals surface area contributed by atoms with E-state index in [1.54, 1.807) is 6.92 Å². The molecule has 2 N–H and O–H groups in total. The zero-order valence-corrected chi connectivity index (χ0v) is 18.4.